The van der Waals surface area contributed by atoms with E-state index in [-0.39, 0.29) is 18.4 Å². The average Bonchev–Trinajstić information content (AvgIpc) is 2.87. The minimum absolute atomic E-state index is 0.118. The SMILES string of the molecule is CN(C)Cc1nc2ccccc2nc1CN1C(=O)c2ccccc2C1=O. The molecule has 1 aromatic heterocycles. The van der Waals surface area contributed by atoms with Crippen LogP contribution >= 0.6 is 0 Å². The number of amides is 2. The van der Waals surface area contributed by atoms with Gasteiger partial charge in [0.2, 0.25) is 0 Å². The van der Waals surface area contributed by atoms with Crippen molar-refractivity contribution < 1.29 is 9.59 Å². The molecule has 6 nitrogen and oxygen atoms in total. The van der Waals surface area contributed by atoms with Crippen LogP contribution in [0.1, 0.15) is 32.1 Å². The zero-order chi connectivity index (χ0) is 18.3. The number of fused-ring (bicyclic) bond motifs is 2. The van der Waals surface area contributed by atoms with E-state index in [1.807, 2.05) is 43.3 Å². The fourth-order valence-electron chi connectivity index (χ4n) is 3.16. The van der Waals surface area contributed by atoms with Crippen molar-refractivity contribution in [3.05, 3.63) is 71.0 Å². The summed E-state index contributed by atoms with van der Waals surface area (Å²) in [5.74, 6) is -0.562. The second-order valence-electron chi connectivity index (χ2n) is 6.59. The van der Waals surface area contributed by atoms with E-state index >= 15 is 0 Å². The molecule has 3 aromatic rings. The highest BCUT2D eigenvalue weighted by molar-refractivity contribution is 6.21. The topological polar surface area (TPSA) is 66.4 Å². The van der Waals surface area contributed by atoms with Gasteiger partial charge in [0.25, 0.3) is 11.8 Å². The predicted octanol–water partition coefficient (Wildman–Crippen LogP) is 2.49. The number of aromatic nitrogens is 2. The lowest BCUT2D eigenvalue weighted by Gasteiger charge is -2.18. The molecule has 0 bridgehead atoms. The zero-order valence-electron chi connectivity index (χ0n) is 14.6. The van der Waals surface area contributed by atoms with Crippen molar-refractivity contribution in [3.8, 4) is 0 Å². The summed E-state index contributed by atoms with van der Waals surface area (Å²) in [6.07, 6.45) is 0. The smallest absolute Gasteiger partial charge is 0.261 e. The van der Waals surface area contributed by atoms with Gasteiger partial charge >= 0.3 is 0 Å². The number of nitrogens with zero attached hydrogens (tertiary/aromatic N) is 4. The first-order valence-corrected chi connectivity index (χ1v) is 8.39. The van der Waals surface area contributed by atoms with Crippen LogP contribution in [0.5, 0.6) is 0 Å². The molecule has 2 aromatic carbocycles. The molecule has 2 heterocycles. The lowest BCUT2D eigenvalue weighted by atomic mass is 10.1. The molecule has 130 valence electrons. The fourth-order valence-corrected chi connectivity index (χ4v) is 3.16. The molecule has 0 aliphatic carbocycles. The van der Waals surface area contributed by atoms with Gasteiger partial charge in [-0.2, -0.15) is 0 Å². The Bertz CT molecular complexity index is 994. The largest absolute Gasteiger partial charge is 0.304 e. The first kappa shape index (κ1) is 16.4. The molecule has 6 heteroatoms. The van der Waals surface area contributed by atoms with E-state index in [0.29, 0.717) is 23.4 Å². The van der Waals surface area contributed by atoms with Crippen LogP contribution in [0.2, 0.25) is 0 Å². The monoisotopic (exact) mass is 346 g/mol. The molecule has 4 rings (SSSR count). The fraction of sp³-hybridized carbons (Fsp3) is 0.200. The van der Waals surface area contributed by atoms with Gasteiger partial charge < -0.3 is 4.90 Å². The summed E-state index contributed by atoms with van der Waals surface area (Å²) in [5.41, 5.74) is 3.86. The van der Waals surface area contributed by atoms with Gasteiger partial charge in [-0.15, -0.1) is 0 Å². The molecule has 1 aliphatic rings. The number of benzene rings is 2. The van der Waals surface area contributed by atoms with Crippen molar-refractivity contribution in [2.24, 2.45) is 0 Å². The number of carbonyl (C=O) groups is 2. The highest BCUT2D eigenvalue weighted by atomic mass is 16.2. The Balaban J connectivity index is 1.75. The predicted molar refractivity (Wildman–Crippen MR) is 97.6 cm³/mol. The molecule has 26 heavy (non-hydrogen) atoms. The van der Waals surface area contributed by atoms with Gasteiger partial charge in [-0.05, 0) is 38.4 Å². The van der Waals surface area contributed by atoms with E-state index in [1.165, 1.54) is 4.90 Å². The minimum Gasteiger partial charge on any atom is -0.304 e. The number of rotatable bonds is 4. The second-order valence-corrected chi connectivity index (χ2v) is 6.59. The van der Waals surface area contributed by atoms with Crippen LogP contribution in [-0.2, 0) is 13.1 Å². The van der Waals surface area contributed by atoms with Crippen LogP contribution in [0.15, 0.2) is 48.5 Å². The Hall–Kier alpha value is -3.12. The molecular formula is C20H18N4O2. The molecule has 0 atom stereocenters. The Morgan fingerprint density at radius 2 is 1.31 bits per heavy atom. The maximum absolute atomic E-state index is 12.7. The van der Waals surface area contributed by atoms with Gasteiger partial charge in [-0.25, -0.2) is 9.97 Å². The van der Waals surface area contributed by atoms with Gasteiger partial charge in [-0.3, -0.25) is 14.5 Å². The summed E-state index contributed by atoms with van der Waals surface area (Å²) < 4.78 is 0. The lowest BCUT2D eigenvalue weighted by Crippen LogP contribution is -2.30. The van der Waals surface area contributed by atoms with Gasteiger partial charge in [0.1, 0.15) is 0 Å². The van der Waals surface area contributed by atoms with Crippen molar-refractivity contribution in [2.45, 2.75) is 13.1 Å². The summed E-state index contributed by atoms with van der Waals surface area (Å²) in [5, 5.41) is 0. The molecule has 0 N–H and O–H groups in total. The maximum Gasteiger partial charge on any atom is 0.261 e. The van der Waals surface area contributed by atoms with Crippen molar-refractivity contribution in [2.75, 3.05) is 14.1 Å². The normalized spacial score (nSPS) is 13.7. The number of para-hydroxylation sites is 2. The molecule has 0 radical (unpaired) electrons. The van der Waals surface area contributed by atoms with Crippen molar-refractivity contribution in [1.82, 2.24) is 19.8 Å². The van der Waals surface area contributed by atoms with E-state index in [9.17, 15) is 9.59 Å². The minimum atomic E-state index is -0.281. The summed E-state index contributed by atoms with van der Waals surface area (Å²) in [6, 6.07) is 14.5. The third kappa shape index (κ3) is 2.74. The average molecular weight is 346 g/mol. The highest BCUT2D eigenvalue weighted by Gasteiger charge is 2.35. The van der Waals surface area contributed by atoms with Crippen molar-refractivity contribution in [3.63, 3.8) is 0 Å². The van der Waals surface area contributed by atoms with E-state index in [0.717, 1.165) is 16.7 Å². The van der Waals surface area contributed by atoms with Gasteiger partial charge in [-0.1, -0.05) is 24.3 Å². The molecule has 0 saturated carbocycles. The van der Waals surface area contributed by atoms with Gasteiger partial charge in [0.05, 0.1) is 40.1 Å². The van der Waals surface area contributed by atoms with E-state index in [2.05, 4.69) is 4.98 Å². The van der Waals surface area contributed by atoms with Crippen LogP contribution in [0.25, 0.3) is 11.0 Å². The third-order valence-corrected chi connectivity index (χ3v) is 4.38. The summed E-state index contributed by atoms with van der Waals surface area (Å²) in [7, 11) is 3.89. The first-order valence-electron chi connectivity index (χ1n) is 8.39. The van der Waals surface area contributed by atoms with E-state index in [1.54, 1.807) is 24.3 Å². The van der Waals surface area contributed by atoms with Crippen LogP contribution in [0, 0.1) is 0 Å². The standard InChI is InChI=1S/C20H18N4O2/c1-23(2)11-17-18(22-16-10-6-5-9-15(16)21-17)12-24-19(25)13-7-3-4-8-14(13)20(24)26/h3-10H,11-12H2,1-2H3. The van der Waals surface area contributed by atoms with Crippen LogP contribution in [0.4, 0.5) is 0 Å². The van der Waals surface area contributed by atoms with Crippen molar-refractivity contribution >= 4 is 22.8 Å². The van der Waals surface area contributed by atoms with Gasteiger partial charge in [0, 0.05) is 6.54 Å². The highest BCUT2D eigenvalue weighted by Crippen LogP contribution is 2.25. The molecule has 0 saturated heterocycles. The first-order chi connectivity index (χ1) is 12.5. The summed E-state index contributed by atoms with van der Waals surface area (Å²) in [6.45, 7) is 0.698. The van der Waals surface area contributed by atoms with Crippen LogP contribution < -0.4 is 0 Å². The third-order valence-electron chi connectivity index (χ3n) is 4.38. The lowest BCUT2D eigenvalue weighted by molar-refractivity contribution is 0.0640. The molecule has 0 spiro atoms. The number of hydrogen-bond donors (Lipinski definition) is 0. The summed E-state index contributed by atoms with van der Waals surface area (Å²) in [4.78, 5) is 37.9. The van der Waals surface area contributed by atoms with E-state index < -0.39 is 0 Å². The van der Waals surface area contributed by atoms with Crippen LogP contribution in [-0.4, -0.2) is 45.7 Å². The number of imide groups is 1. The molecule has 0 fully saturated rings. The summed E-state index contributed by atoms with van der Waals surface area (Å²) >= 11 is 0. The number of carbonyl (C=O) groups excluding carboxylic acids is 2. The molecule has 2 amide bonds. The zero-order valence-corrected chi connectivity index (χ0v) is 14.6. The Labute approximate surface area is 151 Å². The number of hydrogen-bond acceptors (Lipinski definition) is 5. The Morgan fingerprint density at radius 1 is 0.808 bits per heavy atom. The van der Waals surface area contributed by atoms with Crippen LogP contribution in [0.3, 0.4) is 0 Å². The molecular weight excluding hydrogens is 328 g/mol. The van der Waals surface area contributed by atoms with E-state index in [4.69, 9.17) is 4.98 Å². The Kier molecular flexibility index (Phi) is 3.97. The second kappa shape index (κ2) is 6.31. The quantitative estimate of drug-likeness (QED) is 0.679. The van der Waals surface area contributed by atoms with Gasteiger partial charge in [0.15, 0.2) is 0 Å². The maximum atomic E-state index is 12.7. The molecule has 0 unspecified atom stereocenters. The Morgan fingerprint density at radius 3 is 1.85 bits per heavy atom. The van der Waals surface area contributed by atoms with Crippen molar-refractivity contribution in [1.29, 1.82) is 0 Å². The molecule has 1 aliphatic heterocycles.